The Morgan fingerprint density at radius 2 is 1.97 bits per heavy atom. The summed E-state index contributed by atoms with van der Waals surface area (Å²) in [5, 5.41) is 10.5. The number of aliphatic imine (C=N–C) groups is 1. The van der Waals surface area contributed by atoms with E-state index in [2.05, 4.69) is 42.2 Å². The zero-order chi connectivity index (χ0) is 21.6. The van der Waals surface area contributed by atoms with E-state index >= 15 is 0 Å². The van der Waals surface area contributed by atoms with Crippen molar-refractivity contribution < 1.29 is 4.42 Å². The van der Waals surface area contributed by atoms with Crippen LogP contribution in [0.15, 0.2) is 15.7 Å². The number of nitrogens with zero attached hydrogens (tertiary/aromatic N) is 6. The fraction of sp³-hybridized carbons (Fsp3) is 0.727. The number of piperidine rings is 2. The van der Waals surface area contributed by atoms with Gasteiger partial charge in [0, 0.05) is 32.1 Å². The monoisotopic (exact) mass is 428 g/mol. The Bertz CT molecular complexity index is 810. The van der Waals surface area contributed by atoms with Gasteiger partial charge in [-0.2, -0.15) is 5.10 Å². The van der Waals surface area contributed by atoms with Crippen molar-refractivity contribution in [3.8, 4) is 0 Å². The van der Waals surface area contributed by atoms with Crippen molar-refractivity contribution >= 4 is 5.96 Å². The molecule has 2 aromatic heterocycles. The smallest absolute Gasteiger partial charge is 0.208 e. The maximum Gasteiger partial charge on any atom is 0.208 e. The summed E-state index contributed by atoms with van der Waals surface area (Å²) in [6, 6.07) is 0. The molecule has 2 saturated heterocycles. The lowest BCUT2D eigenvalue weighted by molar-refractivity contribution is 0.166. The van der Waals surface area contributed by atoms with Crippen LogP contribution in [0.25, 0.3) is 0 Å². The largest absolute Gasteiger partial charge is 0.444 e. The first-order chi connectivity index (χ1) is 15.1. The summed E-state index contributed by atoms with van der Waals surface area (Å²) in [4.78, 5) is 18.7. The number of hydrogen-bond donors (Lipinski definition) is 2. The summed E-state index contributed by atoms with van der Waals surface area (Å²) >= 11 is 0. The van der Waals surface area contributed by atoms with Crippen molar-refractivity contribution in [2.24, 2.45) is 10.9 Å². The van der Waals surface area contributed by atoms with E-state index in [1.165, 1.54) is 12.8 Å². The molecule has 2 aromatic rings. The highest BCUT2D eigenvalue weighted by molar-refractivity contribution is 5.80. The van der Waals surface area contributed by atoms with Gasteiger partial charge in [-0.05, 0) is 65.5 Å². The molecule has 2 aliphatic heterocycles. The molecule has 2 fully saturated rings. The molecule has 0 radical (unpaired) electrons. The second-order valence-electron chi connectivity index (χ2n) is 8.80. The lowest BCUT2D eigenvalue weighted by Gasteiger charge is -2.34. The Morgan fingerprint density at radius 1 is 1.19 bits per heavy atom. The molecular formula is C22H36N8O. The first-order valence-electron chi connectivity index (χ1n) is 11.7. The molecule has 9 nitrogen and oxygen atoms in total. The van der Waals surface area contributed by atoms with E-state index in [9.17, 15) is 0 Å². The first kappa shape index (κ1) is 21.8. The number of rotatable bonds is 6. The van der Waals surface area contributed by atoms with Crippen LogP contribution in [0, 0.1) is 19.8 Å². The Morgan fingerprint density at radius 3 is 2.58 bits per heavy atom. The fourth-order valence-electron chi connectivity index (χ4n) is 4.54. The molecule has 0 bridgehead atoms. The van der Waals surface area contributed by atoms with Gasteiger partial charge in [-0.3, -0.25) is 15.0 Å². The number of nitrogens with one attached hydrogen (secondary N) is 2. The number of H-pyrrole nitrogens is 1. The van der Waals surface area contributed by atoms with Gasteiger partial charge in [0.05, 0.1) is 12.2 Å². The van der Waals surface area contributed by atoms with Crippen LogP contribution < -0.4 is 5.32 Å². The third-order valence-electron chi connectivity index (χ3n) is 6.59. The molecule has 2 N–H and O–H groups in total. The van der Waals surface area contributed by atoms with E-state index in [-0.39, 0.29) is 0 Å². The number of hydrogen-bond acceptors (Lipinski definition) is 6. The predicted octanol–water partition coefficient (Wildman–Crippen LogP) is 2.47. The highest BCUT2D eigenvalue weighted by Crippen LogP contribution is 2.25. The Kier molecular flexibility index (Phi) is 7.21. The number of aromatic nitrogens is 4. The van der Waals surface area contributed by atoms with Crippen LogP contribution in [-0.2, 0) is 6.54 Å². The lowest BCUT2D eigenvalue weighted by atomic mass is 9.96. The van der Waals surface area contributed by atoms with Gasteiger partial charge >= 0.3 is 0 Å². The lowest BCUT2D eigenvalue weighted by Crippen LogP contribution is -2.45. The van der Waals surface area contributed by atoms with Crippen LogP contribution in [-0.4, -0.2) is 75.2 Å². The third-order valence-corrected chi connectivity index (χ3v) is 6.59. The van der Waals surface area contributed by atoms with Crippen LogP contribution in [0.1, 0.15) is 61.7 Å². The molecule has 0 spiro atoms. The molecule has 2 aliphatic rings. The Hall–Kier alpha value is -2.42. The minimum Gasteiger partial charge on any atom is -0.444 e. The molecule has 9 heteroatoms. The summed E-state index contributed by atoms with van der Waals surface area (Å²) in [5.41, 5.74) is 1.00. The molecule has 0 aromatic carbocycles. The average molecular weight is 429 g/mol. The molecule has 0 saturated carbocycles. The summed E-state index contributed by atoms with van der Waals surface area (Å²) in [6.45, 7) is 12.9. The van der Waals surface area contributed by atoms with E-state index in [0.29, 0.717) is 11.8 Å². The minimum atomic E-state index is 0.474. The standard InChI is InChI=1S/C22H36N8O/c1-4-23-22(30-11-7-19(8-12-30)21-25-15-26-28-21)24-13-18-5-9-29(10-6-18)14-20-27-16(2)17(3)31-20/h15,18-19H,4-14H2,1-3H3,(H,23,24)(H,25,26,28). The average Bonchev–Trinajstić information content (AvgIpc) is 3.42. The molecule has 0 unspecified atom stereocenters. The molecule has 0 amide bonds. The van der Waals surface area contributed by atoms with Gasteiger partial charge in [0.15, 0.2) is 5.96 Å². The number of aromatic amines is 1. The van der Waals surface area contributed by atoms with Crippen LogP contribution >= 0.6 is 0 Å². The maximum absolute atomic E-state index is 5.75. The number of oxazole rings is 1. The van der Waals surface area contributed by atoms with Gasteiger partial charge in [0.25, 0.3) is 0 Å². The van der Waals surface area contributed by atoms with E-state index < -0.39 is 0 Å². The van der Waals surface area contributed by atoms with Crippen molar-refractivity contribution in [3.63, 3.8) is 0 Å². The molecular weight excluding hydrogens is 392 g/mol. The van der Waals surface area contributed by atoms with Gasteiger partial charge in [0.2, 0.25) is 5.89 Å². The number of likely N-dealkylation sites (tertiary alicyclic amines) is 2. The van der Waals surface area contributed by atoms with Crippen LogP contribution in [0.3, 0.4) is 0 Å². The summed E-state index contributed by atoms with van der Waals surface area (Å²) in [5.74, 6) is 4.97. The Labute approximate surface area is 184 Å². The van der Waals surface area contributed by atoms with Crippen molar-refractivity contribution in [2.45, 2.75) is 58.9 Å². The third kappa shape index (κ3) is 5.64. The van der Waals surface area contributed by atoms with Gasteiger partial charge in [-0.1, -0.05) is 0 Å². The zero-order valence-electron chi connectivity index (χ0n) is 19.1. The topological polar surface area (TPSA) is 98.5 Å². The van der Waals surface area contributed by atoms with Crippen molar-refractivity contribution in [3.05, 3.63) is 29.5 Å². The fourth-order valence-corrected chi connectivity index (χ4v) is 4.54. The van der Waals surface area contributed by atoms with Crippen molar-refractivity contribution in [1.29, 1.82) is 0 Å². The Balaban J connectivity index is 1.24. The molecule has 4 heterocycles. The van der Waals surface area contributed by atoms with E-state index in [1.54, 1.807) is 6.33 Å². The van der Waals surface area contributed by atoms with Crippen molar-refractivity contribution in [1.82, 2.24) is 35.3 Å². The highest BCUT2D eigenvalue weighted by atomic mass is 16.4. The van der Waals surface area contributed by atoms with Crippen molar-refractivity contribution in [2.75, 3.05) is 39.3 Å². The first-order valence-corrected chi connectivity index (χ1v) is 11.7. The molecule has 170 valence electrons. The molecule has 0 aliphatic carbocycles. The van der Waals surface area contributed by atoms with E-state index in [1.807, 2.05) is 13.8 Å². The summed E-state index contributed by atoms with van der Waals surface area (Å²) in [7, 11) is 0. The van der Waals surface area contributed by atoms with Crippen LogP contribution in [0.2, 0.25) is 0 Å². The predicted molar refractivity (Wildman–Crippen MR) is 120 cm³/mol. The van der Waals surface area contributed by atoms with Gasteiger partial charge in [-0.15, -0.1) is 0 Å². The number of aryl methyl sites for hydroxylation is 2. The quantitative estimate of drug-likeness (QED) is 0.539. The number of guanidine groups is 1. The second kappa shape index (κ2) is 10.3. The second-order valence-corrected chi connectivity index (χ2v) is 8.80. The van der Waals surface area contributed by atoms with Crippen LogP contribution in [0.5, 0.6) is 0 Å². The van der Waals surface area contributed by atoms with Crippen LogP contribution in [0.4, 0.5) is 0 Å². The van der Waals surface area contributed by atoms with Gasteiger partial charge < -0.3 is 14.6 Å². The molecule has 31 heavy (non-hydrogen) atoms. The van der Waals surface area contributed by atoms with Gasteiger partial charge in [0.1, 0.15) is 17.9 Å². The minimum absolute atomic E-state index is 0.474. The van der Waals surface area contributed by atoms with E-state index in [0.717, 1.165) is 87.8 Å². The molecule has 4 rings (SSSR count). The molecule has 0 atom stereocenters. The maximum atomic E-state index is 5.75. The highest BCUT2D eigenvalue weighted by Gasteiger charge is 2.25. The van der Waals surface area contributed by atoms with E-state index in [4.69, 9.17) is 9.41 Å². The SMILES string of the molecule is CCNC(=NCC1CCN(Cc2nc(C)c(C)o2)CC1)N1CCC(c2ncn[nH]2)CC1. The summed E-state index contributed by atoms with van der Waals surface area (Å²) in [6.07, 6.45) is 6.12. The normalized spacial score (nSPS) is 19.8. The zero-order valence-corrected chi connectivity index (χ0v) is 19.1. The summed E-state index contributed by atoms with van der Waals surface area (Å²) < 4.78 is 5.75. The van der Waals surface area contributed by atoms with Gasteiger partial charge in [-0.25, -0.2) is 9.97 Å².